The molecule has 6 nitrogen and oxygen atoms in total. The highest BCUT2D eigenvalue weighted by Crippen LogP contribution is 2.33. The second-order valence-corrected chi connectivity index (χ2v) is 7.36. The molecule has 8 heteroatoms. The van der Waals surface area contributed by atoms with Gasteiger partial charge in [-0.1, -0.05) is 11.6 Å². The monoisotopic (exact) mass is 361 g/mol. The van der Waals surface area contributed by atoms with E-state index in [2.05, 4.69) is 0 Å². The number of ether oxygens (including phenoxy) is 2. The molecule has 0 aliphatic carbocycles. The van der Waals surface area contributed by atoms with E-state index in [1.165, 1.54) is 16.4 Å². The van der Waals surface area contributed by atoms with Gasteiger partial charge in [0.25, 0.3) is 0 Å². The van der Waals surface area contributed by atoms with Crippen molar-refractivity contribution in [2.75, 3.05) is 26.3 Å². The van der Waals surface area contributed by atoms with Crippen LogP contribution in [0.1, 0.15) is 37.0 Å². The number of halogens is 1. The van der Waals surface area contributed by atoms with E-state index >= 15 is 0 Å². The van der Waals surface area contributed by atoms with Crippen molar-refractivity contribution in [3.8, 4) is 5.75 Å². The quantitative estimate of drug-likeness (QED) is 0.728. The third kappa shape index (κ3) is 3.79. The summed E-state index contributed by atoms with van der Waals surface area (Å²) in [5.74, 6) is -0.415. The number of esters is 1. The Morgan fingerprint density at radius 3 is 2.43 bits per heavy atom. The lowest BCUT2D eigenvalue weighted by atomic mass is 10.2. The Kier molecular flexibility index (Phi) is 5.89. The highest BCUT2D eigenvalue weighted by molar-refractivity contribution is 7.89. The molecule has 1 saturated heterocycles. The smallest absolute Gasteiger partial charge is 0.341 e. The van der Waals surface area contributed by atoms with E-state index in [0.717, 1.165) is 12.8 Å². The first-order valence-corrected chi connectivity index (χ1v) is 9.37. The summed E-state index contributed by atoms with van der Waals surface area (Å²) in [7, 11) is -3.73. The maximum atomic E-state index is 12.7. The van der Waals surface area contributed by atoms with Crippen LogP contribution in [0.5, 0.6) is 5.75 Å². The van der Waals surface area contributed by atoms with Crippen LogP contribution in [0.15, 0.2) is 17.0 Å². The molecular weight excluding hydrogens is 342 g/mol. The SMILES string of the molecule is CCOC(=O)c1cc(S(=O)(=O)N2CCCC2)c(Cl)cc1OCC. The van der Waals surface area contributed by atoms with Crippen molar-refractivity contribution >= 4 is 27.6 Å². The third-order valence-electron chi connectivity index (χ3n) is 3.51. The summed E-state index contributed by atoms with van der Waals surface area (Å²) in [5.41, 5.74) is 0.0656. The number of rotatable bonds is 6. The van der Waals surface area contributed by atoms with Gasteiger partial charge in [0.05, 0.1) is 18.2 Å². The molecule has 0 saturated carbocycles. The van der Waals surface area contributed by atoms with E-state index in [1.54, 1.807) is 13.8 Å². The molecule has 1 heterocycles. The molecule has 0 unspecified atom stereocenters. The molecule has 2 rings (SSSR count). The Labute approximate surface area is 141 Å². The first kappa shape index (κ1) is 18.0. The second-order valence-electron chi connectivity index (χ2n) is 5.04. The van der Waals surface area contributed by atoms with Crippen molar-refractivity contribution in [3.05, 3.63) is 22.7 Å². The van der Waals surface area contributed by atoms with Crippen molar-refractivity contribution in [3.63, 3.8) is 0 Å². The van der Waals surface area contributed by atoms with Gasteiger partial charge >= 0.3 is 5.97 Å². The zero-order valence-electron chi connectivity index (χ0n) is 13.2. The fourth-order valence-electron chi connectivity index (χ4n) is 2.44. The van der Waals surface area contributed by atoms with E-state index in [4.69, 9.17) is 21.1 Å². The standard InChI is InChI=1S/C15H20ClNO5S/c1-3-21-13-10-12(16)14(9-11(13)15(18)22-4-2)23(19,20)17-7-5-6-8-17/h9-10H,3-8H2,1-2H3. The minimum Gasteiger partial charge on any atom is -0.493 e. The highest BCUT2D eigenvalue weighted by Gasteiger charge is 2.31. The molecule has 0 spiro atoms. The molecule has 128 valence electrons. The zero-order valence-corrected chi connectivity index (χ0v) is 14.7. The largest absolute Gasteiger partial charge is 0.493 e. The summed E-state index contributed by atoms with van der Waals surface area (Å²) in [6.45, 7) is 4.86. The van der Waals surface area contributed by atoms with E-state index in [-0.39, 0.29) is 27.8 Å². The van der Waals surface area contributed by atoms with Gasteiger partial charge in [0.1, 0.15) is 16.2 Å². The minimum atomic E-state index is -3.73. The summed E-state index contributed by atoms with van der Waals surface area (Å²) >= 11 is 6.14. The van der Waals surface area contributed by atoms with Crippen LogP contribution in [-0.4, -0.2) is 45.0 Å². The fourth-order valence-corrected chi connectivity index (χ4v) is 4.48. The average Bonchev–Trinajstić information content (AvgIpc) is 3.02. The van der Waals surface area contributed by atoms with E-state index < -0.39 is 16.0 Å². The van der Waals surface area contributed by atoms with Crippen molar-refractivity contribution < 1.29 is 22.7 Å². The molecule has 1 aromatic rings. The zero-order chi connectivity index (χ0) is 17.0. The summed E-state index contributed by atoms with van der Waals surface area (Å²) in [6, 6.07) is 2.61. The van der Waals surface area contributed by atoms with E-state index in [9.17, 15) is 13.2 Å². The Balaban J connectivity index is 2.52. The van der Waals surface area contributed by atoms with Crippen LogP contribution in [0, 0.1) is 0 Å². The van der Waals surface area contributed by atoms with Gasteiger partial charge in [0.15, 0.2) is 0 Å². The molecule has 0 bridgehead atoms. The lowest BCUT2D eigenvalue weighted by Crippen LogP contribution is -2.28. The molecule has 0 radical (unpaired) electrons. The minimum absolute atomic E-state index is 0.0356. The number of hydrogen-bond donors (Lipinski definition) is 0. The molecule has 1 aromatic carbocycles. The van der Waals surface area contributed by atoms with Crippen LogP contribution in [0.3, 0.4) is 0 Å². The third-order valence-corrected chi connectivity index (χ3v) is 5.88. The number of hydrogen-bond acceptors (Lipinski definition) is 5. The predicted octanol–water partition coefficient (Wildman–Crippen LogP) is 2.70. The Morgan fingerprint density at radius 1 is 1.22 bits per heavy atom. The van der Waals surface area contributed by atoms with Gasteiger partial charge in [0.2, 0.25) is 10.0 Å². The van der Waals surface area contributed by atoms with Crippen molar-refractivity contribution in [1.29, 1.82) is 0 Å². The van der Waals surface area contributed by atoms with Crippen LogP contribution in [0.2, 0.25) is 5.02 Å². The van der Waals surface area contributed by atoms with E-state index in [1.807, 2.05) is 0 Å². The lowest BCUT2D eigenvalue weighted by Gasteiger charge is -2.18. The van der Waals surface area contributed by atoms with Gasteiger partial charge in [-0.05, 0) is 32.8 Å². The number of nitrogens with zero attached hydrogens (tertiary/aromatic N) is 1. The van der Waals surface area contributed by atoms with Crippen LogP contribution in [-0.2, 0) is 14.8 Å². The van der Waals surface area contributed by atoms with Crippen molar-refractivity contribution in [2.24, 2.45) is 0 Å². The Morgan fingerprint density at radius 2 is 1.87 bits per heavy atom. The predicted molar refractivity (Wildman–Crippen MR) is 86.6 cm³/mol. The van der Waals surface area contributed by atoms with Gasteiger partial charge < -0.3 is 9.47 Å². The molecule has 0 atom stereocenters. The Hall–Kier alpha value is -1.31. The van der Waals surface area contributed by atoms with Gasteiger partial charge in [-0.25, -0.2) is 13.2 Å². The average molecular weight is 362 g/mol. The second kappa shape index (κ2) is 7.51. The molecule has 1 aliphatic heterocycles. The summed E-state index contributed by atoms with van der Waals surface area (Å²) in [6.07, 6.45) is 1.64. The molecule has 23 heavy (non-hydrogen) atoms. The fraction of sp³-hybridized carbons (Fsp3) is 0.533. The van der Waals surface area contributed by atoms with Crippen molar-refractivity contribution in [2.45, 2.75) is 31.6 Å². The summed E-state index contributed by atoms with van der Waals surface area (Å²) < 4.78 is 37.2. The number of sulfonamides is 1. The number of carbonyl (C=O) groups excluding carboxylic acids is 1. The molecule has 0 N–H and O–H groups in total. The molecule has 1 aliphatic rings. The van der Waals surface area contributed by atoms with Crippen LogP contribution in [0.25, 0.3) is 0 Å². The molecule has 0 amide bonds. The maximum Gasteiger partial charge on any atom is 0.341 e. The van der Waals surface area contributed by atoms with Gasteiger partial charge in [-0.15, -0.1) is 0 Å². The normalized spacial score (nSPS) is 15.6. The number of carbonyl (C=O) groups is 1. The van der Waals surface area contributed by atoms with Crippen LogP contribution >= 0.6 is 11.6 Å². The van der Waals surface area contributed by atoms with Crippen molar-refractivity contribution in [1.82, 2.24) is 4.31 Å². The first-order chi connectivity index (χ1) is 10.9. The molecule has 1 fully saturated rings. The summed E-state index contributed by atoms with van der Waals surface area (Å²) in [4.78, 5) is 12.0. The van der Waals surface area contributed by atoms with Gasteiger partial charge in [-0.3, -0.25) is 0 Å². The topological polar surface area (TPSA) is 72.9 Å². The first-order valence-electron chi connectivity index (χ1n) is 7.55. The Bertz CT molecular complexity index is 683. The summed E-state index contributed by atoms with van der Waals surface area (Å²) in [5, 5.41) is 0.0356. The maximum absolute atomic E-state index is 12.7. The van der Waals surface area contributed by atoms with E-state index in [0.29, 0.717) is 19.7 Å². The van der Waals surface area contributed by atoms with Crippen LogP contribution in [0.4, 0.5) is 0 Å². The highest BCUT2D eigenvalue weighted by atomic mass is 35.5. The molecular formula is C15H20ClNO5S. The van der Waals surface area contributed by atoms with Gasteiger partial charge in [0, 0.05) is 19.2 Å². The van der Waals surface area contributed by atoms with Gasteiger partial charge in [-0.2, -0.15) is 4.31 Å². The van der Waals surface area contributed by atoms with Crippen LogP contribution < -0.4 is 4.74 Å². The lowest BCUT2D eigenvalue weighted by molar-refractivity contribution is 0.0521. The molecule has 0 aromatic heterocycles. The number of benzene rings is 1.